The molecule has 0 bridgehead atoms. The van der Waals surface area contributed by atoms with Crippen LogP contribution in [-0.4, -0.2) is 23.1 Å². The Kier molecular flexibility index (Phi) is 4.79. The number of hydrogen-bond donors (Lipinski definition) is 3. The van der Waals surface area contributed by atoms with Crippen LogP contribution in [-0.2, 0) is 6.54 Å². The molecular weight excluding hydrogens is 276 g/mol. The lowest BCUT2D eigenvalue weighted by Crippen LogP contribution is -2.29. The summed E-state index contributed by atoms with van der Waals surface area (Å²) in [6.07, 6.45) is 0. The monoisotopic (exact) mass is 289 g/mol. The minimum absolute atomic E-state index is 0.209. The zero-order valence-electron chi connectivity index (χ0n) is 10.6. The van der Waals surface area contributed by atoms with Crippen LogP contribution >= 0.6 is 11.6 Å². The van der Waals surface area contributed by atoms with Gasteiger partial charge in [-0.1, -0.05) is 41.9 Å². The lowest BCUT2D eigenvalue weighted by molar-refractivity contribution is 0.0951. The van der Waals surface area contributed by atoms with Crippen molar-refractivity contribution in [3.63, 3.8) is 0 Å². The summed E-state index contributed by atoms with van der Waals surface area (Å²) in [6.45, 7) is 0.354. The summed E-state index contributed by atoms with van der Waals surface area (Å²) < 4.78 is 0. The van der Waals surface area contributed by atoms with Crippen LogP contribution in [0.2, 0.25) is 5.02 Å². The standard InChI is InChI=1S/C14H13BClNO3/c16-13-3-1-2-11(8-13)14(18)17-9-10-4-6-12(7-5-10)15(19)20/h1-8,19-20H,9H2,(H,17,18). The van der Waals surface area contributed by atoms with Crippen molar-refractivity contribution in [3.05, 3.63) is 64.7 Å². The molecule has 0 radical (unpaired) electrons. The molecular formula is C14H13BClNO3. The van der Waals surface area contributed by atoms with E-state index in [1.807, 2.05) is 0 Å². The fraction of sp³-hybridized carbons (Fsp3) is 0.0714. The number of carbonyl (C=O) groups excluding carboxylic acids is 1. The summed E-state index contributed by atoms with van der Waals surface area (Å²) in [5.74, 6) is -0.209. The highest BCUT2D eigenvalue weighted by Gasteiger charge is 2.10. The third-order valence-corrected chi connectivity index (χ3v) is 3.05. The van der Waals surface area contributed by atoms with Crippen molar-refractivity contribution in [2.75, 3.05) is 0 Å². The molecule has 0 aromatic heterocycles. The van der Waals surface area contributed by atoms with Gasteiger partial charge in [0.25, 0.3) is 5.91 Å². The quantitative estimate of drug-likeness (QED) is 0.734. The van der Waals surface area contributed by atoms with E-state index in [1.165, 1.54) is 0 Å². The maximum absolute atomic E-state index is 11.9. The van der Waals surface area contributed by atoms with Gasteiger partial charge < -0.3 is 15.4 Å². The molecule has 0 aliphatic carbocycles. The number of hydrogen-bond acceptors (Lipinski definition) is 3. The topological polar surface area (TPSA) is 69.6 Å². The minimum atomic E-state index is -1.48. The second kappa shape index (κ2) is 6.57. The van der Waals surface area contributed by atoms with E-state index in [4.69, 9.17) is 21.6 Å². The van der Waals surface area contributed by atoms with Gasteiger partial charge in [-0.2, -0.15) is 0 Å². The molecule has 102 valence electrons. The van der Waals surface area contributed by atoms with E-state index < -0.39 is 7.12 Å². The molecule has 4 nitrogen and oxygen atoms in total. The predicted octanol–water partition coefficient (Wildman–Crippen LogP) is 0.950. The molecule has 0 saturated carbocycles. The molecule has 1 amide bonds. The Balaban J connectivity index is 1.96. The van der Waals surface area contributed by atoms with Crippen LogP contribution in [0.25, 0.3) is 0 Å². The Morgan fingerprint density at radius 1 is 1.15 bits per heavy atom. The first-order valence-electron chi connectivity index (χ1n) is 6.05. The lowest BCUT2D eigenvalue weighted by atomic mass is 9.80. The first-order valence-corrected chi connectivity index (χ1v) is 6.43. The van der Waals surface area contributed by atoms with Crippen molar-refractivity contribution in [1.29, 1.82) is 0 Å². The second-order valence-corrected chi connectivity index (χ2v) is 4.74. The Morgan fingerprint density at radius 3 is 2.45 bits per heavy atom. The molecule has 3 N–H and O–H groups in total. The van der Waals surface area contributed by atoms with Crippen molar-refractivity contribution in [1.82, 2.24) is 5.32 Å². The molecule has 0 aliphatic rings. The molecule has 0 saturated heterocycles. The van der Waals surface area contributed by atoms with E-state index in [-0.39, 0.29) is 5.91 Å². The van der Waals surface area contributed by atoms with Gasteiger partial charge in [0, 0.05) is 17.1 Å². The molecule has 0 atom stereocenters. The highest BCUT2D eigenvalue weighted by atomic mass is 35.5. The molecule has 0 spiro atoms. The second-order valence-electron chi connectivity index (χ2n) is 4.31. The molecule has 0 heterocycles. The van der Waals surface area contributed by atoms with Crippen LogP contribution in [0, 0.1) is 0 Å². The van der Waals surface area contributed by atoms with Gasteiger partial charge in [-0.3, -0.25) is 4.79 Å². The van der Waals surface area contributed by atoms with E-state index in [0.717, 1.165) is 5.56 Å². The van der Waals surface area contributed by atoms with Crippen molar-refractivity contribution < 1.29 is 14.8 Å². The van der Waals surface area contributed by atoms with Gasteiger partial charge in [-0.05, 0) is 29.2 Å². The van der Waals surface area contributed by atoms with Crippen LogP contribution in [0.1, 0.15) is 15.9 Å². The number of halogens is 1. The maximum atomic E-state index is 11.9. The third kappa shape index (κ3) is 3.84. The zero-order valence-corrected chi connectivity index (χ0v) is 11.3. The number of carbonyl (C=O) groups is 1. The summed E-state index contributed by atoms with van der Waals surface area (Å²) in [5, 5.41) is 21.2. The number of nitrogens with one attached hydrogen (secondary N) is 1. The fourth-order valence-corrected chi connectivity index (χ4v) is 1.91. The lowest BCUT2D eigenvalue weighted by Gasteiger charge is -2.06. The van der Waals surface area contributed by atoms with E-state index >= 15 is 0 Å². The van der Waals surface area contributed by atoms with Crippen LogP contribution in [0.15, 0.2) is 48.5 Å². The average Bonchev–Trinajstić information content (AvgIpc) is 2.45. The number of amides is 1. The molecule has 2 aromatic rings. The minimum Gasteiger partial charge on any atom is -0.423 e. The van der Waals surface area contributed by atoms with Gasteiger partial charge in [0.15, 0.2) is 0 Å². The number of benzene rings is 2. The summed E-state index contributed by atoms with van der Waals surface area (Å²) >= 11 is 5.83. The van der Waals surface area contributed by atoms with Gasteiger partial charge in [-0.15, -0.1) is 0 Å². The van der Waals surface area contributed by atoms with E-state index in [2.05, 4.69) is 5.32 Å². The van der Waals surface area contributed by atoms with Crippen molar-refractivity contribution in [2.24, 2.45) is 0 Å². The molecule has 0 fully saturated rings. The van der Waals surface area contributed by atoms with E-state index in [9.17, 15) is 4.79 Å². The molecule has 0 aliphatic heterocycles. The van der Waals surface area contributed by atoms with Crippen molar-refractivity contribution in [3.8, 4) is 0 Å². The van der Waals surface area contributed by atoms with Crippen LogP contribution < -0.4 is 10.8 Å². The Bertz CT molecular complexity index is 602. The molecule has 20 heavy (non-hydrogen) atoms. The fourth-order valence-electron chi connectivity index (χ4n) is 1.72. The number of rotatable bonds is 4. The van der Waals surface area contributed by atoms with Gasteiger partial charge in [-0.25, -0.2) is 0 Å². The largest absolute Gasteiger partial charge is 0.488 e. The van der Waals surface area contributed by atoms with Gasteiger partial charge in [0.05, 0.1) is 0 Å². The Morgan fingerprint density at radius 2 is 1.85 bits per heavy atom. The SMILES string of the molecule is O=C(NCc1ccc(B(O)O)cc1)c1cccc(Cl)c1. The van der Waals surface area contributed by atoms with E-state index in [1.54, 1.807) is 48.5 Å². The third-order valence-electron chi connectivity index (χ3n) is 2.82. The van der Waals surface area contributed by atoms with Gasteiger partial charge in [0.1, 0.15) is 0 Å². The predicted molar refractivity (Wildman–Crippen MR) is 78.9 cm³/mol. The normalized spacial score (nSPS) is 10.2. The highest BCUT2D eigenvalue weighted by Crippen LogP contribution is 2.10. The van der Waals surface area contributed by atoms with Crippen LogP contribution in [0.3, 0.4) is 0 Å². The van der Waals surface area contributed by atoms with Gasteiger partial charge >= 0.3 is 7.12 Å². The van der Waals surface area contributed by atoms with Gasteiger partial charge in [0.2, 0.25) is 0 Å². The first-order chi connectivity index (χ1) is 9.56. The summed E-state index contributed by atoms with van der Waals surface area (Å²) in [4.78, 5) is 11.9. The zero-order chi connectivity index (χ0) is 14.5. The van der Waals surface area contributed by atoms with Crippen LogP contribution in [0.5, 0.6) is 0 Å². The average molecular weight is 290 g/mol. The Labute approximate surface area is 122 Å². The van der Waals surface area contributed by atoms with Crippen molar-refractivity contribution in [2.45, 2.75) is 6.54 Å². The molecule has 6 heteroatoms. The van der Waals surface area contributed by atoms with E-state index in [0.29, 0.717) is 22.6 Å². The Hall–Kier alpha value is -1.82. The van der Waals surface area contributed by atoms with Crippen molar-refractivity contribution >= 4 is 30.1 Å². The molecule has 2 rings (SSSR count). The molecule has 0 unspecified atom stereocenters. The molecule has 2 aromatic carbocycles. The first kappa shape index (κ1) is 14.6. The summed E-state index contributed by atoms with van der Waals surface area (Å²) in [7, 11) is -1.48. The smallest absolute Gasteiger partial charge is 0.423 e. The highest BCUT2D eigenvalue weighted by molar-refractivity contribution is 6.58. The summed E-state index contributed by atoms with van der Waals surface area (Å²) in [6, 6.07) is 13.4. The summed E-state index contributed by atoms with van der Waals surface area (Å²) in [5.41, 5.74) is 1.78. The maximum Gasteiger partial charge on any atom is 0.488 e. The van der Waals surface area contributed by atoms with Crippen LogP contribution in [0.4, 0.5) is 0 Å².